The maximum atomic E-state index is 2.30. The van der Waals surface area contributed by atoms with Gasteiger partial charge in [-0.05, 0) is 31.0 Å². The molecule has 0 spiro atoms. The van der Waals surface area contributed by atoms with Crippen LogP contribution in [0, 0.1) is 0 Å². The van der Waals surface area contributed by atoms with Crippen molar-refractivity contribution in [2.24, 2.45) is 0 Å². The maximum Gasteiger partial charge on any atom is 0.0435 e. The Bertz CT molecular complexity index is 406. The quantitative estimate of drug-likeness (QED) is 0.775. The molecule has 0 N–H and O–H groups in total. The minimum atomic E-state index is 0.489. The zero-order valence-electron chi connectivity index (χ0n) is 10.5. The Balaban J connectivity index is 1.98. The smallest absolute Gasteiger partial charge is 0.0435 e. The Kier molecular flexibility index (Phi) is 4.46. The van der Waals surface area contributed by atoms with Gasteiger partial charge < -0.3 is 4.90 Å². The summed E-state index contributed by atoms with van der Waals surface area (Å²) in [5.74, 6) is 1.12. The second-order valence-corrected chi connectivity index (χ2v) is 5.61. The highest BCUT2D eigenvalue weighted by atomic mass is 32.2. The summed E-state index contributed by atoms with van der Waals surface area (Å²) in [7, 11) is 4.30. The molecule has 0 aliphatic heterocycles. The maximum absolute atomic E-state index is 2.30. The van der Waals surface area contributed by atoms with Crippen LogP contribution in [0.2, 0.25) is 0 Å². The SMILES string of the molecule is CN(C)[C@H](CSC1=CC=CC1)c1ccccc1. The van der Waals surface area contributed by atoms with E-state index in [9.17, 15) is 0 Å². The first-order chi connectivity index (χ1) is 8.27. The third-order valence-electron chi connectivity index (χ3n) is 2.97. The normalized spacial score (nSPS) is 16.3. The molecule has 1 nitrogen and oxygen atoms in total. The molecule has 1 aliphatic rings. The fourth-order valence-corrected chi connectivity index (χ4v) is 3.19. The van der Waals surface area contributed by atoms with E-state index >= 15 is 0 Å². The van der Waals surface area contributed by atoms with Gasteiger partial charge in [0.2, 0.25) is 0 Å². The van der Waals surface area contributed by atoms with Gasteiger partial charge in [-0.25, -0.2) is 0 Å². The van der Waals surface area contributed by atoms with Gasteiger partial charge in [0.25, 0.3) is 0 Å². The van der Waals surface area contributed by atoms with Gasteiger partial charge in [-0.1, -0.05) is 48.6 Å². The van der Waals surface area contributed by atoms with Crippen LogP contribution in [0.5, 0.6) is 0 Å². The molecule has 17 heavy (non-hydrogen) atoms. The number of hydrogen-bond donors (Lipinski definition) is 0. The van der Waals surface area contributed by atoms with E-state index in [1.807, 2.05) is 11.8 Å². The molecule has 0 heterocycles. The number of rotatable bonds is 5. The van der Waals surface area contributed by atoms with Crippen LogP contribution in [0.4, 0.5) is 0 Å². The monoisotopic (exact) mass is 245 g/mol. The predicted octanol–water partition coefficient (Wildman–Crippen LogP) is 3.87. The topological polar surface area (TPSA) is 3.24 Å². The van der Waals surface area contributed by atoms with Crippen LogP contribution < -0.4 is 0 Å². The van der Waals surface area contributed by atoms with Crippen molar-refractivity contribution in [3.05, 3.63) is 59.0 Å². The van der Waals surface area contributed by atoms with Crippen LogP contribution in [0.3, 0.4) is 0 Å². The molecule has 1 aromatic rings. The molecule has 0 amide bonds. The van der Waals surface area contributed by atoms with Gasteiger partial charge in [-0.2, -0.15) is 0 Å². The van der Waals surface area contributed by atoms with Gasteiger partial charge >= 0.3 is 0 Å². The minimum absolute atomic E-state index is 0.489. The summed E-state index contributed by atoms with van der Waals surface area (Å²) in [5, 5.41) is 0. The molecule has 0 unspecified atom stereocenters. The van der Waals surface area contributed by atoms with E-state index in [0.29, 0.717) is 6.04 Å². The van der Waals surface area contributed by atoms with E-state index in [2.05, 4.69) is 67.6 Å². The third-order valence-corrected chi connectivity index (χ3v) is 4.13. The molecule has 1 aliphatic carbocycles. The largest absolute Gasteiger partial charge is 0.302 e. The third kappa shape index (κ3) is 3.48. The minimum Gasteiger partial charge on any atom is -0.302 e. The van der Waals surface area contributed by atoms with Gasteiger partial charge in [0, 0.05) is 11.8 Å². The molecule has 0 radical (unpaired) electrons. The first kappa shape index (κ1) is 12.5. The van der Waals surface area contributed by atoms with Crippen LogP contribution in [-0.2, 0) is 0 Å². The molecule has 2 heteroatoms. The Hall–Kier alpha value is -0.990. The van der Waals surface area contributed by atoms with Crippen molar-refractivity contribution in [2.45, 2.75) is 12.5 Å². The molecular formula is C15H19NS. The molecule has 0 bridgehead atoms. The highest BCUT2D eigenvalue weighted by molar-refractivity contribution is 8.03. The van der Waals surface area contributed by atoms with Gasteiger partial charge in [-0.15, -0.1) is 11.8 Å². The molecule has 0 aromatic heterocycles. The molecule has 1 atom stereocenters. The number of nitrogens with zero attached hydrogens (tertiary/aromatic N) is 1. The first-order valence-electron chi connectivity index (χ1n) is 5.97. The summed E-state index contributed by atoms with van der Waals surface area (Å²) in [6.07, 6.45) is 7.70. The lowest BCUT2D eigenvalue weighted by Gasteiger charge is -2.24. The zero-order chi connectivity index (χ0) is 12.1. The molecule has 0 fully saturated rings. The average molecular weight is 245 g/mol. The van der Waals surface area contributed by atoms with Crippen molar-refractivity contribution < 1.29 is 0 Å². The molecule has 0 saturated carbocycles. The van der Waals surface area contributed by atoms with Crippen molar-refractivity contribution in [3.8, 4) is 0 Å². The number of allylic oxidation sites excluding steroid dienone is 4. The summed E-state index contributed by atoms with van der Waals surface area (Å²) in [6, 6.07) is 11.2. The lowest BCUT2D eigenvalue weighted by molar-refractivity contribution is 0.326. The summed E-state index contributed by atoms with van der Waals surface area (Å²) in [6.45, 7) is 0. The van der Waals surface area contributed by atoms with Crippen molar-refractivity contribution in [1.82, 2.24) is 4.90 Å². The number of thioether (sulfide) groups is 1. The standard InChI is InChI=1S/C15H19NS/c1-16(2)15(13-8-4-3-5-9-13)12-17-14-10-6-7-11-14/h3-10,15H,11-12H2,1-2H3/t15-/m1/s1. The molecular weight excluding hydrogens is 226 g/mol. The highest BCUT2D eigenvalue weighted by Gasteiger charge is 2.14. The zero-order valence-corrected chi connectivity index (χ0v) is 11.3. The second-order valence-electron chi connectivity index (χ2n) is 4.47. The van der Waals surface area contributed by atoms with Gasteiger partial charge in [-0.3, -0.25) is 0 Å². The fourth-order valence-electron chi connectivity index (χ4n) is 1.94. The van der Waals surface area contributed by atoms with Crippen molar-refractivity contribution in [3.63, 3.8) is 0 Å². The van der Waals surface area contributed by atoms with Crippen LogP contribution in [0.15, 0.2) is 53.5 Å². The van der Waals surface area contributed by atoms with E-state index in [0.717, 1.165) is 12.2 Å². The lowest BCUT2D eigenvalue weighted by Crippen LogP contribution is -2.22. The Morgan fingerprint density at radius 1 is 1.24 bits per heavy atom. The van der Waals surface area contributed by atoms with Gasteiger partial charge in [0.15, 0.2) is 0 Å². The van der Waals surface area contributed by atoms with Crippen molar-refractivity contribution in [1.29, 1.82) is 0 Å². The molecule has 2 rings (SSSR count). The van der Waals surface area contributed by atoms with Crippen LogP contribution in [-0.4, -0.2) is 24.7 Å². The van der Waals surface area contributed by atoms with Gasteiger partial charge in [0.05, 0.1) is 0 Å². The second kappa shape index (κ2) is 6.08. The predicted molar refractivity (Wildman–Crippen MR) is 77.2 cm³/mol. The highest BCUT2D eigenvalue weighted by Crippen LogP contribution is 2.30. The molecule has 1 aromatic carbocycles. The van der Waals surface area contributed by atoms with Crippen LogP contribution in [0.1, 0.15) is 18.0 Å². The van der Waals surface area contributed by atoms with E-state index in [4.69, 9.17) is 0 Å². The Labute approximate surface area is 108 Å². The summed E-state index contributed by atoms with van der Waals surface area (Å²) >= 11 is 1.97. The molecule has 90 valence electrons. The van der Waals surface area contributed by atoms with E-state index < -0.39 is 0 Å². The van der Waals surface area contributed by atoms with E-state index in [1.165, 1.54) is 10.5 Å². The number of hydrogen-bond acceptors (Lipinski definition) is 2. The fraction of sp³-hybridized carbons (Fsp3) is 0.333. The Morgan fingerprint density at radius 3 is 2.59 bits per heavy atom. The van der Waals surface area contributed by atoms with Crippen LogP contribution in [0.25, 0.3) is 0 Å². The van der Waals surface area contributed by atoms with Crippen molar-refractivity contribution >= 4 is 11.8 Å². The van der Waals surface area contributed by atoms with Crippen molar-refractivity contribution in [2.75, 3.05) is 19.8 Å². The van der Waals surface area contributed by atoms with Gasteiger partial charge in [0.1, 0.15) is 0 Å². The molecule has 0 saturated heterocycles. The van der Waals surface area contributed by atoms with Crippen LogP contribution >= 0.6 is 11.8 Å². The average Bonchev–Trinajstić information content (AvgIpc) is 2.83. The van der Waals surface area contributed by atoms with E-state index in [-0.39, 0.29) is 0 Å². The summed E-state index contributed by atoms with van der Waals surface area (Å²) < 4.78 is 0. The lowest BCUT2D eigenvalue weighted by atomic mass is 10.1. The summed E-state index contributed by atoms with van der Waals surface area (Å²) in [5.41, 5.74) is 1.40. The Morgan fingerprint density at radius 2 is 2.00 bits per heavy atom. The number of benzene rings is 1. The summed E-state index contributed by atoms with van der Waals surface area (Å²) in [4.78, 5) is 3.78. The first-order valence-corrected chi connectivity index (χ1v) is 6.96. The van der Waals surface area contributed by atoms with E-state index in [1.54, 1.807) is 0 Å².